The summed E-state index contributed by atoms with van der Waals surface area (Å²) in [6, 6.07) is 0. The van der Waals surface area contributed by atoms with Crippen LogP contribution in [0.4, 0.5) is 0 Å². The fourth-order valence-corrected chi connectivity index (χ4v) is 0.410. The average molecular weight is 170 g/mol. The van der Waals surface area contributed by atoms with Crippen molar-refractivity contribution in [1.29, 1.82) is 0 Å². The molecule has 0 bridgehead atoms. The first-order valence-corrected chi connectivity index (χ1v) is 4.19. The molecule has 0 rings (SSSR count). The largest absolute Gasteiger partial charge is 0.441 e. The zero-order valence-corrected chi connectivity index (χ0v) is 8.51. The molecule has 0 saturated carbocycles. The van der Waals surface area contributed by atoms with E-state index < -0.39 is 6.10 Å². The number of aliphatic hydroxyl groups is 1. The van der Waals surface area contributed by atoms with Crippen LogP contribution in [0.5, 0.6) is 0 Å². The highest BCUT2D eigenvalue weighted by molar-refractivity contribution is 5.00. The molecule has 0 saturated heterocycles. The Morgan fingerprint density at radius 2 is 1.75 bits per heavy atom. The second kappa shape index (κ2) is 4.37. The molecule has 0 aromatic carbocycles. The van der Waals surface area contributed by atoms with Gasteiger partial charge >= 0.3 is 0 Å². The molecular weight excluding hydrogens is 152 g/mol. The molecule has 0 heterocycles. The van der Waals surface area contributed by atoms with Gasteiger partial charge in [0.15, 0.2) is 0 Å². The number of aliphatic hydroxyl groups excluding tert-OH is 1. The quantitative estimate of drug-likeness (QED) is 0.608. The minimum atomic E-state index is -0.590. The van der Waals surface area contributed by atoms with Crippen LogP contribution < -0.4 is 0 Å². The van der Waals surface area contributed by atoms with Crippen molar-refractivity contribution in [2.24, 2.45) is 5.92 Å². The third kappa shape index (κ3) is 6.06. The van der Waals surface area contributed by atoms with Crippen molar-refractivity contribution in [3.8, 4) is 12.0 Å². The Balaban J connectivity index is 3.89. The van der Waals surface area contributed by atoms with Crippen molar-refractivity contribution in [3.05, 3.63) is 0 Å². The standard InChI is InChI=1S/C10H18O2/c1-8(2)9(11)6-7-12-10(3,4)5/h8-9,11H,1-5H3. The first kappa shape index (κ1) is 11.3. The Hall–Kier alpha value is -0.680. The van der Waals surface area contributed by atoms with Crippen molar-refractivity contribution < 1.29 is 9.84 Å². The van der Waals surface area contributed by atoms with Gasteiger partial charge in [-0.3, -0.25) is 0 Å². The SMILES string of the molecule is CC(C)C(O)C#COC(C)(C)C. The van der Waals surface area contributed by atoms with Crippen LogP contribution in [-0.4, -0.2) is 16.8 Å². The van der Waals surface area contributed by atoms with Crippen molar-refractivity contribution in [2.45, 2.75) is 46.3 Å². The molecular formula is C10H18O2. The van der Waals surface area contributed by atoms with Gasteiger partial charge in [-0.15, -0.1) is 0 Å². The number of ether oxygens (including phenoxy) is 1. The Morgan fingerprint density at radius 3 is 2.08 bits per heavy atom. The highest BCUT2D eigenvalue weighted by atomic mass is 16.5. The van der Waals surface area contributed by atoms with Gasteiger partial charge in [0.05, 0.1) is 0 Å². The van der Waals surface area contributed by atoms with Crippen LogP contribution >= 0.6 is 0 Å². The van der Waals surface area contributed by atoms with E-state index in [1.165, 1.54) is 0 Å². The minimum Gasteiger partial charge on any atom is -0.441 e. The van der Waals surface area contributed by atoms with Crippen molar-refractivity contribution in [1.82, 2.24) is 0 Å². The molecule has 1 atom stereocenters. The van der Waals surface area contributed by atoms with Crippen LogP contribution in [0.15, 0.2) is 0 Å². The molecule has 0 fully saturated rings. The average Bonchev–Trinajstić information content (AvgIpc) is 1.84. The molecule has 1 unspecified atom stereocenters. The molecule has 0 aliphatic rings. The van der Waals surface area contributed by atoms with Crippen LogP contribution in [0.1, 0.15) is 34.6 Å². The smallest absolute Gasteiger partial charge is 0.120 e. The number of hydrogen-bond donors (Lipinski definition) is 1. The number of rotatable bonds is 1. The fraction of sp³-hybridized carbons (Fsp3) is 0.800. The van der Waals surface area contributed by atoms with E-state index in [1.54, 1.807) is 0 Å². The summed E-state index contributed by atoms with van der Waals surface area (Å²) in [5, 5.41) is 9.27. The monoisotopic (exact) mass is 170 g/mol. The Bertz CT molecular complexity index is 178. The van der Waals surface area contributed by atoms with Crippen LogP contribution in [0.25, 0.3) is 0 Å². The summed E-state index contributed by atoms with van der Waals surface area (Å²) in [5.74, 6) is 2.78. The van der Waals surface area contributed by atoms with Gasteiger partial charge in [-0.2, -0.15) is 0 Å². The predicted molar refractivity (Wildman–Crippen MR) is 49.5 cm³/mol. The minimum absolute atomic E-state index is 0.154. The fourth-order valence-electron chi connectivity index (χ4n) is 0.410. The maximum absolute atomic E-state index is 9.27. The second-order valence-electron chi connectivity index (χ2n) is 4.15. The summed E-state index contributed by atoms with van der Waals surface area (Å²) in [6.45, 7) is 9.59. The molecule has 0 amide bonds. The lowest BCUT2D eigenvalue weighted by molar-refractivity contribution is 0.0941. The van der Waals surface area contributed by atoms with Gasteiger partial charge in [0.1, 0.15) is 17.8 Å². The summed E-state index contributed by atoms with van der Waals surface area (Å²) in [4.78, 5) is 0. The molecule has 0 radical (unpaired) electrons. The van der Waals surface area contributed by atoms with Crippen LogP contribution in [0.3, 0.4) is 0 Å². The van der Waals surface area contributed by atoms with Crippen molar-refractivity contribution >= 4 is 0 Å². The van der Waals surface area contributed by atoms with E-state index in [0.29, 0.717) is 0 Å². The van der Waals surface area contributed by atoms with Crippen LogP contribution in [-0.2, 0) is 4.74 Å². The molecule has 0 aromatic heterocycles. The van der Waals surface area contributed by atoms with Gasteiger partial charge in [0, 0.05) is 0 Å². The summed E-state index contributed by atoms with van der Waals surface area (Å²) >= 11 is 0. The molecule has 0 aromatic rings. The molecule has 70 valence electrons. The highest BCUT2D eigenvalue weighted by Gasteiger charge is 2.09. The summed E-state index contributed by atoms with van der Waals surface area (Å²) in [6.07, 6.45) is 1.92. The Morgan fingerprint density at radius 1 is 1.25 bits per heavy atom. The maximum atomic E-state index is 9.27. The van der Waals surface area contributed by atoms with Gasteiger partial charge in [0.2, 0.25) is 0 Å². The van der Waals surface area contributed by atoms with Gasteiger partial charge in [-0.05, 0) is 32.6 Å². The third-order valence-corrected chi connectivity index (χ3v) is 1.20. The van der Waals surface area contributed by atoms with E-state index >= 15 is 0 Å². The normalized spacial score (nSPS) is 13.6. The lowest BCUT2D eigenvalue weighted by atomic mass is 10.1. The van der Waals surface area contributed by atoms with E-state index in [1.807, 2.05) is 34.6 Å². The molecule has 0 aliphatic carbocycles. The molecule has 2 heteroatoms. The maximum Gasteiger partial charge on any atom is 0.120 e. The Kier molecular flexibility index (Phi) is 4.12. The lowest BCUT2D eigenvalue weighted by Gasteiger charge is -2.15. The molecule has 2 nitrogen and oxygen atoms in total. The first-order chi connectivity index (χ1) is 5.33. The summed E-state index contributed by atoms with van der Waals surface area (Å²) < 4.78 is 5.13. The molecule has 0 spiro atoms. The second-order valence-corrected chi connectivity index (χ2v) is 4.15. The van der Waals surface area contributed by atoms with E-state index in [9.17, 15) is 5.11 Å². The van der Waals surface area contributed by atoms with E-state index in [-0.39, 0.29) is 11.5 Å². The van der Waals surface area contributed by atoms with E-state index in [2.05, 4.69) is 12.0 Å². The molecule has 1 N–H and O–H groups in total. The zero-order valence-electron chi connectivity index (χ0n) is 8.51. The topological polar surface area (TPSA) is 29.5 Å². The Labute approximate surface area is 74.9 Å². The summed E-state index contributed by atoms with van der Waals surface area (Å²) in [7, 11) is 0. The highest BCUT2D eigenvalue weighted by Crippen LogP contribution is 2.05. The van der Waals surface area contributed by atoms with Gasteiger partial charge in [0.25, 0.3) is 0 Å². The van der Waals surface area contributed by atoms with Crippen LogP contribution in [0.2, 0.25) is 0 Å². The zero-order chi connectivity index (χ0) is 9.78. The third-order valence-electron chi connectivity index (χ3n) is 1.20. The van der Waals surface area contributed by atoms with Gasteiger partial charge < -0.3 is 9.84 Å². The van der Waals surface area contributed by atoms with Gasteiger partial charge in [-0.25, -0.2) is 0 Å². The predicted octanol–water partition coefficient (Wildman–Crippen LogP) is 1.78. The summed E-state index contributed by atoms with van der Waals surface area (Å²) in [5.41, 5.74) is -0.260. The first-order valence-electron chi connectivity index (χ1n) is 4.19. The van der Waals surface area contributed by atoms with Crippen molar-refractivity contribution in [2.75, 3.05) is 0 Å². The molecule has 12 heavy (non-hydrogen) atoms. The van der Waals surface area contributed by atoms with Gasteiger partial charge in [-0.1, -0.05) is 13.8 Å². The van der Waals surface area contributed by atoms with E-state index in [0.717, 1.165) is 0 Å². The number of hydrogen-bond acceptors (Lipinski definition) is 2. The van der Waals surface area contributed by atoms with E-state index in [4.69, 9.17) is 4.74 Å². The lowest BCUT2D eigenvalue weighted by Crippen LogP contribution is -2.17. The van der Waals surface area contributed by atoms with Crippen LogP contribution in [0, 0.1) is 17.9 Å². The van der Waals surface area contributed by atoms with Crippen molar-refractivity contribution in [3.63, 3.8) is 0 Å². The molecule has 0 aliphatic heterocycles.